The number of hydrogen-bond donors (Lipinski definition) is 1. The molecule has 4 aromatic rings. The largest absolute Gasteiger partial charge is 0.477 e. The highest BCUT2D eigenvalue weighted by molar-refractivity contribution is 6.99. The molecule has 0 unspecified atom stereocenters. The van der Waals surface area contributed by atoms with Crippen LogP contribution in [0.1, 0.15) is 36.8 Å². The Morgan fingerprint density at radius 3 is 1.97 bits per heavy atom. The average molecular weight is 525 g/mol. The zero-order valence-electron chi connectivity index (χ0n) is 19.8. The topological polar surface area (TPSA) is 51.5 Å². The van der Waals surface area contributed by atoms with Gasteiger partial charge in [0.15, 0.2) is 0 Å². The number of aromatic carboxylic acids is 1. The SMILES string of the molecule is CC(C)(C)[Si](OCc1c(Cl)ccc(-n2cccc2C(=O)O)c1Cl)(c1ccccc1)c1ccccc1. The third-order valence-corrected chi connectivity index (χ3v) is 12.0. The summed E-state index contributed by atoms with van der Waals surface area (Å²) in [5, 5.41) is 12.5. The summed E-state index contributed by atoms with van der Waals surface area (Å²) < 4.78 is 8.56. The molecule has 0 spiro atoms. The van der Waals surface area contributed by atoms with Gasteiger partial charge < -0.3 is 14.1 Å². The Morgan fingerprint density at radius 1 is 0.886 bits per heavy atom. The van der Waals surface area contributed by atoms with Gasteiger partial charge in [0.05, 0.1) is 17.3 Å². The van der Waals surface area contributed by atoms with Crippen molar-refractivity contribution in [1.29, 1.82) is 0 Å². The van der Waals surface area contributed by atoms with Crippen LogP contribution in [-0.2, 0) is 11.0 Å². The fraction of sp³-hybridized carbons (Fsp3) is 0.179. The van der Waals surface area contributed by atoms with Gasteiger partial charge in [0.2, 0.25) is 0 Å². The molecule has 0 aliphatic heterocycles. The summed E-state index contributed by atoms with van der Waals surface area (Å²) in [7, 11) is -2.81. The second-order valence-corrected chi connectivity index (χ2v) is 14.5. The van der Waals surface area contributed by atoms with E-state index in [1.165, 1.54) is 6.07 Å². The zero-order valence-corrected chi connectivity index (χ0v) is 22.3. The fourth-order valence-electron chi connectivity index (χ4n) is 4.61. The van der Waals surface area contributed by atoms with Gasteiger partial charge in [0.25, 0.3) is 8.32 Å². The molecule has 0 amide bonds. The summed E-state index contributed by atoms with van der Waals surface area (Å²) in [5.41, 5.74) is 1.29. The van der Waals surface area contributed by atoms with E-state index >= 15 is 0 Å². The second kappa shape index (κ2) is 10.0. The predicted octanol–water partition coefficient (Wildman–Crippen LogP) is 6.56. The molecular weight excluding hydrogens is 497 g/mol. The van der Waals surface area contributed by atoms with E-state index in [9.17, 15) is 9.90 Å². The van der Waals surface area contributed by atoms with E-state index in [2.05, 4.69) is 45.0 Å². The van der Waals surface area contributed by atoms with Gasteiger partial charge in [-0.25, -0.2) is 4.79 Å². The number of carbonyl (C=O) groups is 1. The molecule has 0 bridgehead atoms. The van der Waals surface area contributed by atoms with Gasteiger partial charge in [-0.15, -0.1) is 0 Å². The molecule has 0 saturated heterocycles. The molecular formula is C28H27Cl2NO3Si. The number of nitrogens with zero attached hydrogens (tertiary/aromatic N) is 1. The summed E-state index contributed by atoms with van der Waals surface area (Å²) in [6.45, 7) is 6.80. The maximum Gasteiger partial charge on any atom is 0.352 e. The molecule has 180 valence electrons. The lowest BCUT2D eigenvalue weighted by molar-refractivity contribution is 0.0688. The van der Waals surface area contributed by atoms with Crippen molar-refractivity contribution in [2.45, 2.75) is 32.4 Å². The van der Waals surface area contributed by atoms with Crippen LogP contribution in [0.2, 0.25) is 15.1 Å². The Hall–Kier alpha value is -2.83. The third kappa shape index (κ3) is 4.69. The van der Waals surface area contributed by atoms with Crippen molar-refractivity contribution in [3.63, 3.8) is 0 Å². The van der Waals surface area contributed by atoms with Crippen molar-refractivity contribution in [3.05, 3.63) is 112 Å². The Bertz CT molecular complexity index is 1290. The van der Waals surface area contributed by atoms with Crippen molar-refractivity contribution in [2.75, 3.05) is 0 Å². The van der Waals surface area contributed by atoms with Crippen LogP contribution in [0.15, 0.2) is 91.1 Å². The highest BCUT2D eigenvalue weighted by atomic mass is 35.5. The van der Waals surface area contributed by atoms with E-state index in [-0.39, 0.29) is 17.3 Å². The average Bonchev–Trinajstić information content (AvgIpc) is 3.32. The molecule has 0 fully saturated rings. The molecule has 0 saturated carbocycles. The summed E-state index contributed by atoms with van der Waals surface area (Å²) >= 11 is 13.5. The van der Waals surface area contributed by atoms with E-state index in [1.54, 1.807) is 29.0 Å². The molecule has 0 atom stereocenters. The molecule has 0 aliphatic rings. The molecule has 0 radical (unpaired) electrons. The highest BCUT2D eigenvalue weighted by Gasteiger charge is 2.50. The lowest BCUT2D eigenvalue weighted by Crippen LogP contribution is -2.66. The molecule has 1 N–H and O–H groups in total. The standard InChI is InChI=1S/C28H27Cl2NO3Si/c1-28(2,3)35(20-11-6-4-7-12-20,21-13-8-5-9-14-21)34-19-22-23(29)16-17-24(26(22)30)31-18-10-15-25(31)27(32)33/h4-18H,19H2,1-3H3,(H,32,33). The summed E-state index contributed by atoms with van der Waals surface area (Å²) in [5.74, 6) is -1.04. The third-order valence-electron chi connectivity index (χ3n) is 6.24. The number of aromatic nitrogens is 1. The quantitative estimate of drug-likeness (QED) is 0.279. The number of rotatable bonds is 7. The van der Waals surface area contributed by atoms with E-state index in [0.717, 1.165) is 10.4 Å². The second-order valence-electron chi connectivity index (χ2n) is 9.38. The first-order chi connectivity index (χ1) is 16.7. The van der Waals surface area contributed by atoms with Crippen LogP contribution < -0.4 is 10.4 Å². The number of hydrogen-bond acceptors (Lipinski definition) is 2. The number of carboxylic acids is 1. The Morgan fingerprint density at radius 2 is 1.46 bits per heavy atom. The summed E-state index contributed by atoms with van der Waals surface area (Å²) in [6.07, 6.45) is 1.67. The minimum Gasteiger partial charge on any atom is -0.477 e. The molecule has 1 heterocycles. The molecule has 4 rings (SSSR count). The van der Waals surface area contributed by atoms with Crippen LogP contribution in [0.5, 0.6) is 0 Å². The van der Waals surface area contributed by atoms with E-state index in [0.29, 0.717) is 21.3 Å². The zero-order chi connectivity index (χ0) is 25.2. The van der Waals surface area contributed by atoms with E-state index in [1.807, 2.05) is 36.4 Å². The molecule has 1 aromatic heterocycles. The Labute approximate surface area is 216 Å². The lowest BCUT2D eigenvalue weighted by Gasteiger charge is -2.43. The van der Waals surface area contributed by atoms with Gasteiger partial charge in [-0.2, -0.15) is 0 Å². The maximum absolute atomic E-state index is 11.7. The molecule has 0 aliphatic carbocycles. The molecule has 3 aromatic carbocycles. The predicted molar refractivity (Wildman–Crippen MR) is 145 cm³/mol. The van der Waals surface area contributed by atoms with E-state index < -0.39 is 14.3 Å². The van der Waals surface area contributed by atoms with Gasteiger partial charge in [-0.05, 0) is 39.7 Å². The molecule has 4 nitrogen and oxygen atoms in total. The minimum absolute atomic E-state index is 0.119. The fourth-order valence-corrected chi connectivity index (χ4v) is 9.70. The maximum atomic E-state index is 11.7. The Balaban J connectivity index is 1.84. The smallest absolute Gasteiger partial charge is 0.352 e. The van der Waals surface area contributed by atoms with E-state index in [4.69, 9.17) is 27.6 Å². The number of carboxylic acid groups (broad SMARTS) is 1. The van der Waals surface area contributed by atoms with Gasteiger partial charge in [0.1, 0.15) is 5.69 Å². The first-order valence-corrected chi connectivity index (χ1v) is 14.0. The number of halogens is 2. The van der Waals surface area contributed by atoms with Gasteiger partial charge in [0, 0.05) is 16.8 Å². The van der Waals surface area contributed by atoms with Crippen LogP contribution in [0.3, 0.4) is 0 Å². The van der Waals surface area contributed by atoms with Gasteiger partial charge in [-0.1, -0.05) is 105 Å². The molecule has 7 heteroatoms. The van der Waals surface area contributed by atoms with Crippen molar-refractivity contribution in [1.82, 2.24) is 4.57 Å². The number of benzene rings is 3. The van der Waals surface area contributed by atoms with Crippen molar-refractivity contribution < 1.29 is 14.3 Å². The minimum atomic E-state index is -2.81. The lowest BCUT2D eigenvalue weighted by atomic mass is 10.2. The van der Waals surface area contributed by atoms with Crippen LogP contribution >= 0.6 is 23.2 Å². The normalized spacial score (nSPS) is 12.0. The van der Waals surface area contributed by atoms with Crippen LogP contribution in [-0.4, -0.2) is 24.0 Å². The first-order valence-electron chi connectivity index (χ1n) is 11.3. The summed E-state index contributed by atoms with van der Waals surface area (Å²) in [4.78, 5) is 11.7. The summed E-state index contributed by atoms with van der Waals surface area (Å²) in [6, 6.07) is 27.3. The van der Waals surface area contributed by atoms with Crippen LogP contribution in [0, 0.1) is 0 Å². The Kier molecular flexibility index (Phi) is 7.24. The van der Waals surface area contributed by atoms with Crippen molar-refractivity contribution in [3.8, 4) is 5.69 Å². The van der Waals surface area contributed by atoms with Crippen LogP contribution in [0.25, 0.3) is 5.69 Å². The van der Waals surface area contributed by atoms with Crippen molar-refractivity contribution in [2.24, 2.45) is 0 Å². The van der Waals surface area contributed by atoms with Crippen LogP contribution in [0.4, 0.5) is 0 Å². The molecule has 35 heavy (non-hydrogen) atoms. The van der Waals surface area contributed by atoms with Gasteiger partial charge in [-0.3, -0.25) is 0 Å². The monoisotopic (exact) mass is 523 g/mol. The highest BCUT2D eigenvalue weighted by Crippen LogP contribution is 2.39. The van der Waals surface area contributed by atoms with Gasteiger partial charge >= 0.3 is 5.97 Å². The first kappa shape index (κ1) is 25.3. The van der Waals surface area contributed by atoms with Crippen molar-refractivity contribution >= 4 is 47.9 Å².